The van der Waals surface area contributed by atoms with Crippen LogP contribution in [-0.4, -0.2) is 22.7 Å². The smallest absolute Gasteiger partial charge is 0.276 e. The van der Waals surface area contributed by atoms with Gasteiger partial charge >= 0.3 is 0 Å². The molecular formula is C17H18N2O4. The number of aryl methyl sites for hydroxylation is 1. The van der Waals surface area contributed by atoms with Crippen molar-refractivity contribution < 1.29 is 19.7 Å². The van der Waals surface area contributed by atoms with Gasteiger partial charge in [-0.15, -0.1) is 0 Å². The predicted molar refractivity (Wildman–Crippen MR) is 86.8 cm³/mol. The van der Waals surface area contributed by atoms with Crippen molar-refractivity contribution >= 4 is 11.6 Å². The summed E-state index contributed by atoms with van der Waals surface area (Å²) in [7, 11) is 0. The van der Waals surface area contributed by atoms with Gasteiger partial charge in [-0.3, -0.25) is 15.6 Å². The van der Waals surface area contributed by atoms with Crippen molar-refractivity contribution in [1.29, 1.82) is 0 Å². The first kappa shape index (κ1) is 16.2. The molecule has 0 aliphatic rings. The van der Waals surface area contributed by atoms with E-state index in [1.165, 1.54) is 18.2 Å². The number of carbonyl (C=O) groups excluding carboxylic acids is 1. The Kier molecular flexibility index (Phi) is 5.09. The van der Waals surface area contributed by atoms with Crippen LogP contribution in [0, 0.1) is 6.92 Å². The first-order valence-corrected chi connectivity index (χ1v) is 6.91. The van der Waals surface area contributed by atoms with Crippen molar-refractivity contribution in [2.75, 3.05) is 6.61 Å². The number of hydrogen-bond acceptors (Lipinski definition) is 5. The lowest BCUT2D eigenvalue weighted by atomic mass is 10.1. The zero-order valence-electron chi connectivity index (χ0n) is 12.7. The Balaban J connectivity index is 1.83. The van der Waals surface area contributed by atoms with Crippen LogP contribution in [0.15, 0.2) is 49.0 Å². The van der Waals surface area contributed by atoms with E-state index in [9.17, 15) is 15.0 Å². The fourth-order valence-corrected chi connectivity index (χ4v) is 1.88. The van der Waals surface area contributed by atoms with Gasteiger partial charge in [-0.25, -0.2) is 0 Å². The number of rotatable bonds is 6. The Bertz CT molecular complexity index is 728. The summed E-state index contributed by atoms with van der Waals surface area (Å²) in [6.07, 6.45) is 0. The Morgan fingerprint density at radius 2 is 1.96 bits per heavy atom. The SMILES string of the molecule is C=C(NNC(=O)COc1cccc(C)c1)c1ccc(O)cc1O. The molecule has 120 valence electrons. The minimum absolute atomic E-state index is 0.0605. The third-order valence-corrected chi connectivity index (χ3v) is 3.02. The third kappa shape index (κ3) is 4.67. The predicted octanol–water partition coefficient (Wildman–Crippen LogP) is 2.08. The molecular weight excluding hydrogens is 296 g/mol. The number of carbonyl (C=O) groups is 1. The zero-order chi connectivity index (χ0) is 16.8. The van der Waals surface area contributed by atoms with E-state index in [1.54, 1.807) is 6.07 Å². The number of benzene rings is 2. The van der Waals surface area contributed by atoms with E-state index >= 15 is 0 Å². The summed E-state index contributed by atoms with van der Waals surface area (Å²) >= 11 is 0. The molecule has 0 radical (unpaired) electrons. The Hall–Kier alpha value is -3.15. The molecule has 0 atom stereocenters. The molecule has 1 amide bonds. The highest BCUT2D eigenvalue weighted by atomic mass is 16.5. The number of aromatic hydroxyl groups is 2. The maximum absolute atomic E-state index is 11.7. The quantitative estimate of drug-likeness (QED) is 0.613. The first-order valence-electron chi connectivity index (χ1n) is 6.91. The van der Waals surface area contributed by atoms with E-state index in [1.807, 2.05) is 25.1 Å². The Morgan fingerprint density at radius 3 is 2.65 bits per heavy atom. The lowest BCUT2D eigenvalue weighted by molar-refractivity contribution is -0.123. The summed E-state index contributed by atoms with van der Waals surface area (Å²) in [5.41, 5.74) is 6.70. The molecule has 0 aromatic heterocycles. The summed E-state index contributed by atoms with van der Waals surface area (Å²) < 4.78 is 5.36. The average molecular weight is 314 g/mol. The van der Waals surface area contributed by atoms with Crippen molar-refractivity contribution in [2.24, 2.45) is 0 Å². The number of nitrogens with one attached hydrogen (secondary N) is 2. The molecule has 6 nitrogen and oxygen atoms in total. The monoisotopic (exact) mass is 314 g/mol. The normalized spacial score (nSPS) is 9.96. The molecule has 0 aliphatic heterocycles. The van der Waals surface area contributed by atoms with Gasteiger partial charge in [-0.1, -0.05) is 18.7 Å². The van der Waals surface area contributed by atoms with Gasteiger partial charge in [-0.2, -0.15) is 0 Å². The van der Waals surface area contributed by atoms with Crippen molar-refractivity contribution in [2.45, 2.75) is 6.92 Å². The molecule has 0 bridgehead atoms. The van der Waals surface area contributed by atoms with Gasteiger partial charge in [0, 0.05) is 11.6 Å². The molecule has 2 aromatic rings. The second-order valence-corrected chi connectivity index (χ2v) is 4.96. The number of phenols is 2. The van der Waals surface area contributed by atoms with Crippen LogP contribution in [0.3, 0.4) is 0 Å². The van der Waals surface area contributed by atoms with Crippen LogP contribution < -0.4 is 15.6 Å². The van der Waals surface area contributed by atoms with Gasteiger partial charge < -0.3 is 14.9 Å². The second kappa shape index (κ2) is 7.22. The second-order valence-electron chi connectivity index (χ2n) is 4.96. The number of hydrazine groups is 1. The number of ether oxygens (including phenoxy) is 1. The van der Waals surface area contributed by atoms with Gasteiger partial charge in [0.2, 0.25) is 0 Å². The molecule has 0 saturated carbocycles. The van der Waals surface area contributed by atoms with E-state index in [-0.39, 0.29) is 23.8 Å². The molecule has 0 unspecified atom stereocenters. The average Bonchev–Trinajstić information content (AvgIpc) is 2.50. The topological polar surface area (TPSA) is 90.8 Å². The highest BCUT2D eigenvalue weighted by Crippen LogP contribution is 2.26. The summed E-state index contributed by atoms with van der Waals surface area (Å²) in [5.74, 6) is 0.00322. The van der Waals surface area contributed by atoms with E-state index in [4.69, 9.17) is 4.74 Å². The Morgan fingerprint density at radius 1 is 1.17 bits per heavy atom. The number of amides is 1. The van der Waals surface area contributed by atoms with Crippen LogP contribution in [0.2, 0.25) is 0 Å². The van der Waals surface area contributed by atoms with Gasteiger partial charge in [0.25, 0.3) is 5.91 Å². The number of hydrogen-bond donors (Lipinski definition) is 4. The van der Waals surface area contributed by atoms with Crippen molar-refractivity contribution in [1.82, 2.24) is 10.9 Å². The third-order valence-electron chi connectivity index (χ3n) is 3.02. The van der Waals surface area contributed by atoms with Crippen molar-refractivity contribution in [3.63, 3.8) is 0 Å². The highest BCUT2D eigenvalue weighted by molar-refractivity contribution is 5.79. The minimum Gasteiger partial charge on any atom is -0.508 e. The van der Waals surface area contributed by atoms with Crippen LogP contribution in [0.5, 0.6) is 17.2 Å². The maximum Gasteiger partial charge on any atom is 0.276 e. The molecule has 6 heteroatoms. The summed E-state index contributed by atoms with van der Waals surface area (Å²) in [6, 6.07) is 11.4. The lowest BCUT2D eigenvalue weighted by Gasteiger charge is -2.13. The molecule has 0 saturated heterocycles. The van der Waals surface area contributed by atoms with Crippen molar-refractivity contribution in [3.8, 4) is 17.2 Å². The fraction of sp³-hybridized carbons (Fsp3) is 0.118. The van der Waals surface area contributed by atoms with Crippen LogP contribution in [0.4, 0.5) is 0 Å². The van der Waals surface area contributed by atoms with Crippen molar-refractivity contribution in [3.05, 3.63) is 60.2 Å². The molecule has 0 spiro atoms. The molecule has 0 heterocycles. The van der Waals surface area contributed by atoms with Crippen LogP contribution in [-0.2, 0) is 4.79 Å². The summed E-state index contributed by atoms with van der Waals surface area (Å²) in [5, 5.41) is 18.9. The largest absolute Gasteiger partial charge is 0.508 e. The van der Waals surface area contributed by atoms with E-state index in [2.05, 4.69) is 17.4 Å². The van der Waals surface area contributed by atoms with Gasteiger partial charge in [-0.05, 0) is 36.8 Å². The summed E-state index contributed by atoms with van der Waals surface area (Å²) in [4.78, 5) is 11.7. The van der Waals surface area contributed by atoms with E-state index in [0.717, 1.165) is 5.56 Å². The van der Waals surface area contributed by atoms with E-state index < -0.39 is 5.91 Å². The fourth-order valence-electron chi connectivity index (χ4n) is 1.88. The highest BCUT2D eigenvalue weighted by Gasteiger charge is 2.08. The minimum atomic E-state index is -0.397. The van der Waals surface area contributed by atoms with Crippen LogP contribution >= 0.6 is 0 Å². The molecule has 0 aliphatic carbocycles. The van der Waals surface area contributed by atoms with Gasteiger partial charge in [0.1, 0.15) is 17.2 Å². The molecule has 2 rings (SSSR count). The zero-order valence-corrected chi connectivity index (χ0v) is 12.7. The maximum atomic E-state index is 11.7. The lowest BCUT2D eigenvalue weighted by Crippen LogP contribution is -2.38. The van der Waals surface area contributed by atoms with Gasteiger partial charge in [0.15, 0.2) is 6.61 Å². The standard InChI is InChI=1S/C17H18N2O4/c1-11-4-3-5-14(8-11)23-10-17(22)19-18-12(2)15-7-6-13(20)9-16(15)21/h3-9,18,20-21H,2,10H2,1H3,(H,19,22). The molecule has 23 heavy (non-hydrogen) atoms. The molecule has 4 N–H and O–H groups in total. The first-order chi connectivity index (χ1) is 11.0. The van der Waals surface area contributed by atoms with Crippen LogP contribution in [0.25, 0.3) is 5.70 Å². The Labute approximate surface area is 134 Å². The molecule has 2 aromatic carbocycles. The van der Waals surface area contributed by atoms with Gasteiger partial charge in [0.05, 0.1) is 5.70 Å². The number of phenolic OH excluding ortho intramolecular Hbond substituents is 2. The van der Waals surface area contributed by atoms with Crippen LogP contribution in [0.1, 0.15) is 11.1 Å². The summed E-state index contributed by atoms with van der Waals surface area (Å²) in [6.45, 7) is 5.48. The van der Waals surface area contributed by atoms with E-state index in [0.29, 0.717) is 11.3 Å². The molecule has 0 fully saturated rings.